The van der Waals surface area contributed by atoms with Crippen molar-refractivity contribution in [3.05, 3.63) is 60.2 Å². The number of hydrogen-bond acceptors (Lipinski definition) is 6. The van der Waals surface area contributed by atoms with Crippen molar-refractivity contribution in [3.63, 3.8) is 0 Å². The number of benzene rings is 1. The Morgan fingerprint density at radius 3 is 2.67 bits per heavy atom. The van der Waals surface area contributed by atoms with E-state index in [-0.39, 0.29) is 17.7 Å². The summed E-state index contributed by atoms with van der Waals surface area (Å²) >= 11 is 0. The van der Waals surface area contributed by atoms with Crippen LogP contribution in [0.2, 0.25) is 0 Å². The molecule has 8 nitrogen and oxygen atoms in total. The van der Waals surface area contributed by atoms with Gasteiger partial charge >= 0.3 is 0 Å². The number of fused-ring (bicyclic) bond motifs is 1. The van der Waals surface area contributed by atoms with Crippen LogP contribution in [0.1, 0.15) is 32.0 Å². The monoisotopic (exact) mass is 405 g/mol. The molecule has 3 aromatic heterocycles. The fourth-order valence-electron chi connectivity index (χ4n) is 3.08. The molecular formula is C22H23N5O3. The van der Waals surface area contributed by atoms with Crippen molar-refractivity contribution in [2.75, 3.05) is 12.4 Å². The maximum absolute atomic E-state index is 12.8. The van der Waals surface area contributed by atoms with E-state index in [4.69, 9.17) is 9.15 Å². The van der Waals surface area contributed by atoms with E-state index >= 15 is 0 Å². The molecule has 0 radical (unpaired) electrons. The van der Waals surface area contributed by atoms with E-state index in [1.54, 1.807) is 42.6 Å². The summed E-state index contributed by atoms with van der Waals surface area (Å²) in [6, 6.07) is 9.12. The summed E-state index contributed by atoms with van der Waals surface area (Å²) in [7, 11) is 1.60. The number of carbonyl (C=O) groups excluding carboxylic acids is 1. The first-order valence-corrected chi connectivity index (χ1v) is 9.57. The first-order chi connectivity index (χ1) is 14.3. The summed E-state index contributed by atoms with van der Waals surface area (Å²) in [6.07, 6.45) is 5.03. The highest BCUT2D eigenvalue weighted by Gasteiger charge is 2.22. The average Bonchev–Trinajstić information content (AvgIpc) is 3.32. The van der Waals surface area contributed by atoms with Gasteiger partial charge in [0.15, 0.2) is 0 Å². The third-order valence-corrected chi connectivity index (χ3v) is 4.70. The molecule has 30 heavy (non-hydrogen) atoms. The first-order valence-electron chi connectivity index (χ1n) is 9.57. The van der Waals surface area contributed by atoms with Gasteiger partial charge in [-0.3, -0.25) is 4.79 Å². The maximum Gasteiger partial charge on any atom is 0.252 e. The number of carbonyl (C=O) groups is 1. The molecule has 0 aliphatic carbocycles. The average molecular weight is 405 g/mol. The molecule has 0 unspecified atom stereocenters. The SMILES string of the molecule is COc1ccc2c(CC(=O)Nc3cc(C(C)(C)C)nn3-c3ncccn3)coc2c1. The number of nitrogens with zero attached hydrogens (tertiary/aromatic N) is 4. The van der Waals surface area contributed by atoms with E-state index in [0.29, 0.717) is 23.1 Å². The number of ether oxygens (including phenoxy) is 1. The topological polar surface area (TPSA) is 95.1 Å². The van der Waals surface area contributed by atoms with Crippen LogP contribution in [0, 0.1) is 0 Å². The van der Waals surface area contributed by atoms with Gasteiger partial charge in [0.05, 0.1) is 25.5 Å². The van der Waals surface area contributed by atoms with Crippen molar-refractivity contribution in [2.24, 2.45) is 0 Å². The largest absolute Gasteiger partial charge is 0.497 e. The number of nitrogens with one attached hydrogen (secondary N) is 1. The van der Waals surface area contributed by atoms with Crippen molar-refractivity contribution < 1.29 is 13.9 Å². The molecule has 0 aliphatic heterocycles. The fourth-order valence-corrected chi connectivity index (χ4v) is 3.08. The summed E-state index contributed by atoms with van der Waals surface area (Å²) in [4.78, 5) is 21.3. The highest BCUT2D eigenvalue weighted by Crippen LogP contribution is 2.27. The van der Waals surface area contributed by atoms with Crippen molar-refractivity contribution >= 4 is 22.7 Å². The molecule has 1 amide bonds. The number of furan rings is 1. The Kier molecular flexibility index (Phi) is 4.99. The molecule has 1 N–H and O–H groups in total. The molecule has 8 heteroatoms. The third-order valence-electron chi connectivity index (χ3n) is 4.70. The number of anilines is 1. The lowest BCUT2D eigenvalue weighted by atomic mass is 9.92. The maximum atomic E-state index is 12.8. The normalized spacial score (nSPS) is 11.6. The summed E-state index contributed by atoms with van der Waals surface area (Å²) < 4.78 is 12.4. The first kappa shape index (κ1) is 19.6. The molecule has 1 aromatic carbocycles. The van der Waals surface area contributed by atoms with Crippen molar-refractivity contribution in [1.29, 1.82) is 0 Å². The predicted octanol–water partition coefficient (Wildman–Crippen LogP) is 3.90. The minimum absolute atomic E-state index is 0.158. The van der Waals surface area contributed by atoms with Crippen LogP contribution in [0.25, 0.3) is 16.9 Å². The number of amides is 1. The number of rotatable bonds is 5. The van der Waals surface area contributed by atoms with Crippen LogP contribution >= 0.6 is 0 Å². The van der Waals surface area contributed by atoms with Gasteiger partial charge in [0.2, 0.25) is 5.91 Å². The molecule has 4 aromatic rings. The lowest BCUT2D eigenvalue weighted by molar-refractivity contribution is -0.115. The summed E-state index contributed by atoms with van der Waals surface area (Å²) in [5.74, 6) is 1.43. The van der Waals surface area contributed by atoms with Crippen molar-refractivity contribution in [1.82, 2.24) is 19.7 Å². The van der Waals surface area contributed by atoms with Gasteiger partial charge in [0.25, 0.3) is 5.95 Å². The lowest BCUT2D eigenvalue weighted by Gasteiger charge is -2.13. The molecule has 0 bridgehead atoms. The lowest BCUT2D eigenvalue weighted by Crippen LogP contribution is -2.17. The zero-order valence-corrected chi connectivity index (χ0v) is 17.3. The molecule has 0 atom stereocenters. The highest BCUT2D eigenvalue weighted by molar-refractivity contribution is 5.95. The second-order valence-corrected chi connectivity index (χ2v) is 7.97. The van der Waals surface area contributed by atoms with E-state index in [9.17, 15) is 4.79 Å². The fraction of sp³-hybridized carbons (Fsp3) is 0.273. The van der Waals surface area contributed by atoms with Gasteiger partial charge in [-0.15, -0.1) is 0 Å². The Balaban J connectivity index is 1.61. The van der Waals surface area contributed by atoms with Crippen LogP contribution < -0.4 is 10.1 Å². The Bertz CT molecular complexity index is 1190. The van der Waals surface area contributed by atoms with Gasteiger partial charge in [0, 0.05) is 40.9 Å². The van der Waals surface area contributed by atoms with E-state index in [1.165, 1.54) is 0 Å². The molecule has 154 valence electrons. The molecule has 3 heterocycles. The van der Waals surface area contributed by atoms with Crippen LogP contribution in [0.15, 0.2) is 53.4 Å². The van der Waals surface area contributed by atoms with Gasteiger partial charge in [-0.25, -0.2) is 9.97 Å². The quantitative estimate of drug-likeness (QED) is 0.541. The van der Waals surface area contributed by atoms with E-state index in [0.717, 1.165) is 16.6 Å². The van der Waals surface area contributed by atoms with Crippen LogP contribution in [-0.4, -0.2) is 32.8 Å². The minimum Gasteiger partial charge on any atom is -0.497 e. The summed E-state index contributed by atoms with van der Waals surface area (Å²) in [5.41, 5.74) is 2.10. The van der Waals surface area contributed by atoms with Gasteiger partial charge in [-0.2, -0.15) is 9.78 Å². The van der Waals surface area contributed by atoms with Gasteiger partial charge in [-0.1, -0.05) is 20.8 Å². The highest BCUT2D eigenvalue weighted by atomic mass is 16.5. The standard InChI is InChI=1S/C22H23N5O3/c1-22(2,3)18-12-19(27(26-18)21-23-8-5-9-24-21)25-20(28)10-14-13-30-17-11-15(29-4)6-7-16(14)17/h5-9,11-13H,10H2,1-4H3,(H,25,28). The number of hydrogen-bond donors (Lipinski definition) is 1. The second kappa shape index (κ2) is 7.62. The Morgan fingerprint density at radius 2 is 1.97 bits per heavy atom. The third kappa shape index (κ3) is 3.89. The zero-order chi connectivity index (χ0) is 21.3. The van der Waals surface area contributed by atoms with Crippen LogP contribution in [0.3, 0.4) is 0 Å². The number of methoxy groups -OCH3 is 1. The van der Waals surface area contributed by atoms with E-state index in [1.807, 2.05) is 18.2 Å². The van der Waals surface area contributed by atoms with Gasteiger partial charge in [0.1, 0.15) is 17.2 Å². The molecule has 0 fully saturated rings. The molecule has 0 saturated carbocycles. The van der Waals surface area contributed by atoms with Crippen LogP contribution in [-0.2, 0) is 16.6 Å². The summed E-state index contributed by atoms with van der Waals surface area (Å²) in [6.45, 7) is 6.18. The van der Waals surface area contributed by atoms with Crippen molar-refractivity contribution in [3.8, 4) is 11.7 Å². The Morgan fingerprint density at radius 1 is 1.20 bits per heavy atom. The minimum atomic E-state index is -0.195. The van der Waals surface area contributed by atoms with Crippen LogP contribution in [0.5, 0.6) is 5.75 Å². The van der Waals surface area contributed by atoms with E-state index < -0.39 is 0 Å². The van der Waals surface area contributed by atoms with Gasteiger partial charge in [-0.05, 0) is 18.2 Å². The van der Waals surface area contributed by atoms with Crippen LogP contribution in [0.4, 0.5) is 5.82 Å². The Hall–Kier alpha value is -3.68. The molecule has 4 rings (SSSR count). The summed E-state index contributed by atoms with van der Waals surface area (Å²) in [5, 5.41) is 8.43. The molecule has 0 aliphatic rings. The Labute approximate surface area is 173 Å². The molecule has 0 saturated heterocycles. The van der Waals surface area contributed by atoms with E-state index in [2.05, 4.69) is 41.2 Å². The van der Waals surface area contributed by atoms with Gasteiger partial charge < -0.3 is 14.5 Å². The molecular weight excluding hydrogens is 382 g/mol. The predicted molar refractivity (Wildman–Crippen MR) is 113 cm³/mol. The molecule has 0 spiro atoms. The van der Waals surface area contributed by atoms with Crippen molar-refractivity contribution in [2.45, 2.75) is 32.6 Å². The zero-order valence-electron chi connectivity index (χ0n) is 17.3. The second-order valence-electron chi connectivity index (χ2n) is 7.97. The smallest absolute Gasteiger partial charge is 0.252 e. The number of aromatic nitrogens is 4.